The van der Waals surface area contributed by atoms with Crippen molar-refractivity contribution >= 4 is 5.91 Å². The molecule has 104 valence electrons. The maximum absolute atomic E-state index is 12.9. The minimum atomic E-state index is -0.671. The summed E-state index contributed by atoms with van der Waals surface area (Å²) in [5.74, 6) is -1.12. The van der Waals surface area contributed by atoms with Crippen molar-refractivity contribution in [1.29, 1.82) is 0 Å². The van der Waals surface area contributed by atoms with Crippen molar-refractivity contribution in [2.45, 2.75) is 6.54 Å². The lowest BCUT2D eigenvalue weighted by Gasteiger charge is -2.07. The fourth-order valence-corrected chi connectivity index (χ4v) is 1.63. The molecule has 0 heterocycles. The number of nitrogens with one attached hydrogen (secondary N) is 1. The zero-order valence-electron chi connectivity index (χ0n) is 10.6. The number of ether oxygens (including phenoxy) is 1. The van der Waals surface area contributed by atoms with E-state index in [1.165, 1.54) is 12.1 Å². The van der Waals surface area contributed by atoms with Crippen LogP contribution in [-0.2, 0) is 11.3 Å². The SMILES string of the molecule is O=C(COc1ccccc1)NCc1cc(F)cc(F)c1. The zero-order valence-corrected chi connectivity index (χ0v) is 10.6. The van der Waals surface area contributed by atoms with Gasteiger partial charge in [0.1, 0.15) is 17.4 Å². The van der Waals surface area contributed by atoms with E-state index in [4.69, 9.17) is 4.74 Å². The standard InChI is InChI=1S/C15H13F2NO2/c16-12-6-11(7-13(17)8-12)9-18-15(19)10-20-14-4-2-1-3-5-14/h1-8H,9-10H2,(H,18,19). The van der Waals surface area contributed by atoms with Crippen molar-refractivity contribution in [3.05, 3.63) is 65.7 Å². The fourth-order valence-electron chi connectivity index (χ4n) is 1.63. The highest BCUT2D eigenvalue weighted by molar-refractivity contribution is 5.77. The third kappa shape index (κ3) is 4.35. The summed E-state index contributed by atoms with van der Waals surface area (Å²) < 4.78 is 31.1. The summed E-state index contributed by atoms with van der Waals surface area (Å²) in [7, 11) is 0. The van der Waals surface area contributed by atoms with Crippen LogP contribution in [-0.4, -0.2) is 12.5 Å². The van der Waals surface area contributed by atoms with E-state index in [0.29, 0.717) is 11.3 Å². The normalized spacial score (nSPS) is 10.1. The van der Waals surface area contributed by atoms with Gasteiger partial charge in [-0.3, -0.25) is 4.79 Å². The predicted octanol–water partition coefficient (Wildman–Crippen LogP) is 2.66. The zero-order chi connectivity index (χ0) is 14.4. The second-order valence-electron chi connectivity index (χ2n) is 4.16. The third-order valence-electron chi connectivity index (χ3n) is 2.53. The number of amides is 1. The van der Waals surface area contributed by atoms with E-state index in [0.717, 1.165) is 6.07 Å². The molecule has 5 heteroatoms. The van der Waals surface area contributed by atoms with Gasteiger partial charge in [-0.05, 0) is 29.8 Å². The van der Waals surface area contributed by atoms with Crippen LogP contribution in [0.15, 0.2) is 48.5 Å². The molecule has 1 N–H and O–H groups in total. The van der Waals surface area contributed by atoms with E-state index in [2.05, 4.69) is 5.32 Å². The first kappa shape index (κ1) is 14.0. The topological polar surface area (TPSA) is 38.3 Å². The van der Waals surface area contributed by atoms with Gasteiger partial charge in [-0.25, -0.2) is 8.78 Å². The van der Waals surface area contributed by atoms with Crippen LogP contribution in [0, 0.1) is 11.6 Å². The second-order valence-corrected chi connectivity index (χ2v) is 4.16. The summed E-state index contributed by atoms with van der Waals surface area (Å²) in [4.78, 5) is 11.5. The van der Waals surface area contributed by atoms with E-state index in [9.17, 15) is 13.6 Å². The molecule has 0 aromatic heterocycles. The molecule has 2 rings (SSSR count). The summed E-state index contributed by atoms with van der Waals surface area (Å²) in [6, 6.07) is 12.0. The van der Waals surface area contributed by atoms with Gasteiger partial charge in [0.15, 0.2) is 6.61 Å². The molecule has 0 aliphatic heterocycles. The van der Waals surface area contributed by atoms with Crippen LogP contribution in [0.1, 0.15) is 5.56 Å². The van der Waals surface area contributed by atoms with Crippen molar-refractivity contribution < 1.29 is 18.3 Å². The Hall–Kier alpha value is -2.43. The molecule has 2 aromatic rings. The average Bonchev–Trinajstić information content (AvgIpc) is 2.43. The highest BCUT2D eigenvalue weighted by Crippen LogP contribution is 2.09. The molecule has 0 fully saturated rings. The Morgan fingerprint density at radius 3 is 2.35 bits per heavy atom. The molecule has 0 aliphatic carbocycles. The quantitative estimate of drug-likeness (QED) is 0.912. The molecule has 2 aromatic carbocycles. The number of carbonyl (C=O) groups is 1. The van der Waals surface area contributed by atoms with Gasteiger partial charge in [0.05, 0.1) is 0 Å². The summed E-state index contributed by atoms with van der Waals surface area (Å²) >= 11 is 0. The maximum Gasteiger partial charge on any atom is 0.258 e. The minimum absolute atomic E-state index is 0.0473. The number of halogens is 2. The number of carbonyl (C=O) groups excluding carboxylic acids is 1. The first-order chi connectivity index (χ1) is 9.63. The van der Waals surface area contributed by atoms with E-state index >= 15 is 0 Å². The molecular weight excluding hydrogens is 264 g/mol. The Balaban J connectivity index is 1.80. The van der Waals surface area contributed by atoms with Crippen molar-refractivity contribution in [2.75, 3.05) is 6.61 Å². The Morgan fingerprint density at radius 2 is 1.70 bits per heavy atom. The lowest BCUT2D eigenvalue weighted by atomic mass is 10.2. The molecule has 3 nitrogen and oxygen atoms in total. The molecule has 0 saturated carbocycles. The Labute approximate surface area is 115 Å². The highest BCUT2D eigenvalue weighted by Gasteiger charge is 2.05. The maximum atomic E-state index is 12.9. The van der Waals surface area contributed by atoms with E-state index < -0.39 is 11.6 Å². The minimum Gasteiger partial charge on any atom is -0.484 e. The number of benzene rings is 2. The van der Waals surface area contributed by atoms with Crippen molar-refractivity contribution in [2.24, 2.45) is 0 Å². The molecule has 0 bridgehead atoms. The largest absolute Gasteiger partial charge is 0.484 e. The first-order valence-corrected chi connectivity index (χ1v) is 6.03. The van der Waals surface area contributed by atoms with Gasteiger partial charge >= 0.3 is 0 Å². The lowest BCUT2D eigenvalue weighted by Crippen LogP contribution is -2.28. The molecule has 20 heavy (non-hydrogen) atoms. The summed E-state index contributed by atoms with van der Waals surface area (Å²) in [5, 5.41) is 2.53. The molecule has 0 saturated heterocycles. The molecule has 0 radical (unpaired) electrons. The Bertz CT molecular complexity index is 567. The van der Waals surface area contributed by atoms with Crippen LogP contribution in [0.5, 0.6) is 5.75 Å². The Morgan fingerprint density at radius 1 is 1.05 bits per heavy atom. The number of rotatable bonds is 5. The second kappa shape index (κ2) is 6.65. The van der Waals surface area contributed by atoms with E-state index in [1.54, 1.807) is 24.3 Å². The smallest absolute Gasteiger partial charge is 0.258 e. The van der Waals surface area contributed by atoms with Gasteiger partial charge in [0.2, 0.25) is 0 Å². The predicted molar refractivity (Wildman–Crippen MR) is 70.1 cm³/mol. The van der Waals surface area contributed by atoms with E-state index in [-0.39, 0.29) is 19.1 Å². The van der Waals surface area contributed by atoms with Crippen LogP contribution in [0.2, 0.25) is 0 Å². The van der Waals surface area contributed by atoms with Gasteiger partial charge in [0, 0.05) is 12.6 Å². The first-order valence-electron chi connectivity index (χ1n) is 6.03. The van der Waals surface area contributed by atoms with Crippen LogP contribution < -0.4 is 10.1 Å². The number of hydrogen-bond acceptors (Lipinski definition) is 2. The summed E-state index contributed by atoms with van der Waals surface area (Å²) in [6.45, 7) is -0.104. The van der Waals surface area contributed by atoms with Crippen LogP contribution >= 0.6 is 0 Å². The lowest BCUT2D eigenvalue weighted by molar-refractivity contribution is -0.123. The average molecular weight is 277 g/mol. The summed E-state index contributed by atoms with van der Waals surface area (Å²) in [6.07, 6.45) is 0. The molecule has 0 unspecified atom stereocenters. The van der Waals surface area contributed by atoms with Crippen LogP contribution in [0.4, 0.5) is 8.78 Å². The summed E-state index contributed by atoms with van der Waals surface area (Å²) in [5.41, 5.74) is 0.357. The monoisotopic (exact) mass is 277 g/mol. The Kier molecular flexibility index (Phi) is 4.65. The van der Waals surface area contributed by atoms with E-state index in [1.807, 2.05) is 6.07 Å². The van der Waals surface area contributed by atoms with Crippen molar-refractivity contribution in [3.63, 3.8) is 0 Å². The molecule has 0 aliphatic rings. The van der Waals surface area contributed by atoms with Gasteiger partial charge in [0.25, 0.3) is 5.91 Å². The molecule has 0 spiro atoms. The number of hydrogen-bond donors (Lipinski definition) is 1. The van der Waals surface area contributed by atoms with Crippen LogP contribution in [0.25, 0.3) is 0 Å². The van der Waals surface area contributed by atoms with Gasteiger partial charge in [-0.1, -0.05) is 18.2 Å². The third-order valence-corrected chi connectivity index (χ3v) is 2.53. The highest BCUT2D eigenvalue weighted by atomic mass is 19.1. The molecular formula is C15H13F2NO2. The molecule has 1 amide bonds. The van der Waals surface area contributed by atoms with Gasteiger partial charge < -0.3 is 10.1 Å². The van der Waals surface area contributed by atoms with Gasteiger partial charge in [-0.2, -0.15) is 0 Å². The van der Waals surface area contributed by atoms with Crippen molar-refractivity contribution in [3.8, 4) is 5.75 Å². The van der Waals surface area contributed by atoms with Gasteiger partial charge in [-0.15, -0.1) is 0 Å². The number of para-hydroxylation sites is 1. The molecule has 0 atom stereocenters. The van der Waals surface area contributed by atoms with Crippen LogP contribution in [0.3, 0.4) is 0 Å². The fraction of sp³-hybridized carbons (Fsp3) is 0.133. The van der Waals surface area contributed by atoms with Crippen molar-refractivity contribution in [1.82, 2.24) is 5.32 Å².